The molecule has 0 N–H and O–H groups in total. The normalized spacial score (nSPS) is 23.3. The van der Waals surface area contributed by atoms with Gasteiger partial charge in [0, 0.05) is 6.07 Å². The van der Waals surface area contributed by atoms with Crippen LogP contribution in [0.15, 0.2) is 18.2 Å². The number of esters is 1. The van der Waals surface area contributed by atoms with Crippen molar-refractivity contribution in [2.45, 2.75) is 57.5 Å². The summed E-state index contributed by atoms with van der Waals surface area (Å²) in [4.78, 5) is 33.2. The number of non-ortho nitro benzene ring substituents is 1. The van der Waals surface area contributed by atoms with Gasteiger partial charge in [0.15, 0.2) is 0 Å². The number of benzene rings is 1. The van der Waals surface area contributed by atoms with Crippen LogP contribution in [-0.4, -0.2) is 30.0 Å². The van der Waals surface area contributed by atoms with Gasteiger partial charge in [0.05, 0.1) is 24.0 Å². The standard InChI is InChI=1S/C17H24N2O6Si/c1-11-5-8-16(26(2,3)4)15(9-11)25-17(20)13-7-6-12(18(21)22)10-14(13)19(23)24/h6-7,10-11,15-16H,5,8-9H2,1-4H3/t11-,15+,16+/m0/s1. The first-order valence-corrected chi connectivity index (χ1v) is 12.2. The fraction of sp³-hybridized carbons (Fsp3) is 0.588. The molecule has 0 saturated heterocycles. The number of nitro benzene ring substituents is 2. The van der Waals surface area contributed by atoms with Gasteiger partial charge in [-0.05, 0) is 30.4 Å². The summed E-state index contributed by atoms with van der Waals surface area (Å²) in [5.41, 5.74) is -0.981. The summed E-state index contributed by atoms with van der Waals surface area (Å²) in [5, 5.41) is 22.1. The van der Waals surface area contributed by atoms with Gasteiger partial charge in [-0.25, -0.2) is 4.79 Å². The Morgan fingerprint density at radius 3 is 2.35 bits per heavy atom. The fourth-order valence-electron chi connectivity index (χ4n) is 3.61. The van der Waals surface area contributed by atoms with E-state index in [-0.39, 0.29) is 11.7 Å². The zero-order valence-corrected chi connectivity index (χ0v) is 16.4. The molecule has 26 heavy (non-hydrogen) atoms. The summed E-state index contributed by atoms with van der Waals surface area (Å²) < 4.78 is 5.70. The van der Waals surface area contributed by atoms with Gasteiger partial charge >= 0.3 is 5.97 Å². The molecule has 0 amide bonds. The highest BCUT2D eigenvalue weighted by molar-refractivity contribution is 6.77. The van der Waals surface area contributed by atoms with Crippen molar-refractivity contribution in [3.8, 4) is 0 Å². The Labute approximate surface area is 152 Å². The van der Waals surface area contributed by atoms with Crippen LogP contribution in [0.3, 0.4) is 0 Å². The van der Waals surface area contributed by atoms with E-state index in [4.69, 9.17) is 4.74 Å². The largest absolute Gasteiger partial charge is 0.459 e. The monoisotopic (exact) mass is 380 g/mol. The van der Waals surface area contributed by atoms with Crippen LogP contribution in [0.1, 0.15) is 36.5 Å². The van der Waals surface area contributed by atoms with E-state index in [0.717, 1.165) is 37.5 Å². The van der Waals surface area contributed by atoms with Crippen molar-refractivity contribution in [3.63, 3.8) is 0 Å². The molecule has 0 spiro atoms. The molecule has 1 fully saturated rings. The smallest absolute Gasteiger partial charge is 0.345 e. The van der Waals surface area contributed by atoms with E-state index in [1.165, 1.54) is 0 Å². The minimum atomic E-state index is -1.58. The number of hydrogen-bond acceptors (Lipinski definition) is 6. The van der Waals surface area contributed by atoms with Crippen molar-refractivity contribution in [2.75, 3.05) is 0 Å². The third kappa shape index (κ3) is 4.46. The van der Waals surface area contributed by atoms with Crippen LogP contribution in [-0.2, 0) is 4.74 Å². The molecule has 1 aromatic carbocycles. The number of ether oxygens (including phenoxy) is 1. The summed E-state index contributed by atoms with van der Waals surface area (Å²) in [6.07, 6.45) is 2.53. The van der Waals surface area contributed by atoms with Crippen LogP contribution in [0.5, 0.6) is 0 Å². The molecule has 0 unspecified atom stereocenters. The Bertz CT molecular complexity index is 730. The number of carbonyl (C=O) groups excluding carboxylic acids is 1. The number of rotatable bonds is 5. The quantitative estimate of drug-likeness (QED) is 0.320. The lowest BCUT2D eigenvalue weighted by Crippen LogP contribution is -2.42. The molecule has 0 aromatic heterocycles. The predicted molar refractivity (Wildman–Crippen MR) is 99.1 cm³/mol. The second kappa shape index (κ2) is 7.53. The van der Waals surface area contributed by atoms with Crippen LogP contribution in [0.2, 0.25) is 25.2 Å². The maximum absolute atomic E-state index is 12.6. The second-order valence-electron chi connectivity index (χ2n) is 8.05. The highest BCUT2D eigenvalue weighted by Gasteiger charge is 2.40. The molecule has 1 aromatic rings. The lowest BCUT2D eigenvalue weighted by molar-refractivity contribution is -0.394. The van der Waals surface area contributed by atoms with Crippen LogP contribution in [0.4, 0.5) is 11.4 Å². The number of nitrogens with zero attached hydrogens (tertiary/aromatic N) is 2. The van der Waals surface area contributed by atoms with Gasteiger partial charge in [-0.1, -0.05) is 33.0 Å². The Morgan fingerprint density at radius 2 is 1.81 bits per heavy atom. The second-order valence-corrected chi connectivity index (χ2v) is 13.5. The Kier molecular flexibility index (Phi) is 5.80. The minimum Gasteiger partial charge on any atom is -0.459 e. The Balaban J connectivity index is 2.30. The van der Waals surface area contributed by atoms with Crippen LogP contribution < -0.4 is 0 Å². The van der Waals surface area contributed by atoms with E-state index in [1.54, 1.807) is 0 Å². The van der Waals surface area contributed by atoms with Gasteiger partial charge in [-0.3, -0.25) is 20.2 Å². The molecule has 0 aliphatic heterocycles. The number of nitro groups is 2. The van der Waals surface area contributed by atoms with E-state index in [2.05, 4.69) is 26.6 Å². The predicted octanol–water partition coefficient (Wildman–Crippen LogP) is 4.56. The lowest BCUT2D eigenvalue weighted by Gasteiger charge is -2.40. The van der Waals surface area contributed by atoms with Crippen molar-refractivity contribution in [1.82, 2.24) is 0 Å². The zero-order valence-electron chi connectivity index (χ0n) is 15.4. The average molecular weight is 380 g/mol. The van der Waals surface area contributed by atoms with Crippen molar-refractivity contribution in [1.29, 1.82) is 0 Å². The number of hydrogen-bond donors (Lipinski definition) is 0. The van der Waals surface area contributed by atoms with Gasteiger partial charge in [0.2, 0.25) is 0 Å². The molecule has 0 radical (unpaired) electrons. The first-order chi connectivity index (χ1) is 12.0. The topological polar surface area (TPSA) is 113 Å². The molecular formula is C17H24N2O6Si. The van der Waals surface area contributed by atoms with Crippen molar-refractivity contribution >= 4 is 25.4 Å². The van der Waals surface area contributed by atoms with Crippen LogP contribution in [0, 0.1) is 26.1 Å². The maximum atomic E-state index is 12.6. The number of carbonyl (C=O) groups is 1. The molecular weight excluding hydrogens is 356 g/mol. The molecule has 2 rings (SSSR count). The minimum absolute atomic E-state index is 0.242. The summed E-state index contributed by atoms with van der Waals surface area (Å²) in [6.45, 7) is 8.78. The average Bonchev–Trinajstić information content (AvgIpc) is 2.52. The molecule has 1 aliphatic carbocycles. The molecule has 142 valence electrons. The highest BCUT2D eigenvalue weighted by Crippen LogP contribution is 2.41. The summed E-state index contributed by atoms with van der Waals surface area (Å²) in [5.74, 6) is -0.360. The molecule has 0 bridgehead atoms. The van der Waals surface area contributed by atoms with E-state index < -0.39 is 35.3 Å². The molecule has 0 heterocycles. The SMILES string of the molecule is C[C@H]1CC[C@@H]([Si](C)(C)C)[C@H](OC(=O)c2ccc([N+](=O)[O-])cc2[N+](=O)[O-])C1. The van der Waals surface area contributed by atoms with E-state index in [9.17, 15) is 25.0 Å². The Morgan fingerprint density at radius 1 is 1.15 bits per heavy atom. The van der Waals surface area contributed by atoms with E-state index in [1.807, 2.05) is 0 Å². The first-order valence-electron chi connectivity index (χ1n) is 8.64. The third-order valence-corrected chi connectivity index (χ3v) is 7.92. The lowest BCUT2D eigenvalue weighted by atomic mass is 9.88. The highest BCUT2D eigenvalue weighted by atomic mass is 28.3. The molecule has 8 nitrogen and oxygen atoms in total. The summed E-state index contributed by atoms with van der Waals surface area (Å²) in [7, 11) is -1.58. The molecule has 1 saturated carbocycles. The molecule has 1 aliphatic rings. The van der Waals surface area contributed by atoms with Crippen molar-refractivity contribution in [3.05, 3.63) is 44.0 Å². The first kappa shape index (κ1) is 20.0. The summed E-state index contributed by atoms with van der Waals surface area (Å²) in [6, 6.07) is 2.99. The van der Waals surface area contributed by atoms with Gasteiger partial charge in [0.25, 0.3) is 11.4 Å². The molecule has 3 atom stereocenters. The van der Waals surface area contributed by atoms with Crippen molar-refractivity contribution < 1.29 is 19.4 Å². The fourth-order valence-corrected chi connectivity index (χ4v) is 5.96. The van der Waals surface area contributed by atoms with Crippen LogP contribution in [0.25, 0.3) is 0 Å². The van der Waals surface area contributed by atoms with Gasteiger partial charge in [-0.15, -0.1) is 0 Å². The summed E-state index contributed by atoms with van der Waals surface area (Å²) >= 11 is 0. The zero-order chi connectivity index (χ0) is 19.6. The maximum Gasteiger partial charge on any atom is 0.345 e. The van der Waals surface area contributed by atoms with Crippen LogP contribution >= 0.6 is 0 Å². The Hall–Kier alpha value is -2.29. The van der Waals surface area contributed by atoms with E-state index in [0.29, 0.717) is 11.5 Å². The van der Waals surface area contributed by atoms with Gasteiger partial charge in [0.1, 0.15) is 11.7 Å². The third-order valence-electron chi connectivity index (χ3n) is 5.03. The van der Waals surface area contributed by atoms with Gasteiger partial charge < -0.3 is 4.74 Å². The van der Waals surface area contributed by atoms with E-state index >= 15 is 0 Å². The molecule has 9 heteroatoms. The van der Waals surface area contributed by atoms with Crippen molar-refractivity contribution in [2.24, 2.45) is 5.92 Å². The van der Waals surface area contributed by atoms with Gasteiger partial charge in [-0.2, -0.15) is 0 Å².